The number of rotatable bonds is 6. The van der Waals surface area contributed by atoms with Crippen molar-refractivity contribution in [2.75, 3.05) is 13.6 Å². The second-order valence-electron chi connectivity index (χ2n) is 4.28. The molecule has 0 aromatic rings. The van der Waals surface area contributed by atoms with Crippen molar-refractivity contribution >= 4 is 0 Å². The van der Waals surface area contributed by atoms with Gasteiger partial charge in [0, 0.05) is 18.6 Å². The van der Waals surface area contributed by atoms with Gasteiger partial charge in [0.2, 0.25) is 0 Å². The zero-order chi connectivity index (χ0) is 10.6. The third-order valence-corrected chi connectivity index (χ3v) is 3.09. The van der Waals surface area contributed by atoms with Gasteiger partial charge in [0.25, 0.3) is 0 Å². The first-order valence-corrected chi connectivity index (χ1v) is 5.60. The summed E-state index contributed by atoms with van der Waals surface area (Å²) in [5.74, 6) is 2.76. The topological polar surface area (TPSA) is 15.3 Å². The van der Waals surface area contributed by atoms with Gasteiger partial charge in [-0.25, -0.2) is 0 Å². The van der Waals surface area contributed by atoms with Crippen LogP contribution >= 0.6 is 0 Å². The summed E-state index contributed by atoms with van der Waals surface area (Å²) in [6.07, 6.45) is 9.14. The van der Waals surface area contributed by atoms with Crippen LogP contribution in [-0.4, -0.2) is 36.6 Å². The maximum atomic E-state index is 5.39. The Morgan fingerprint density at radius 2 is 2.21 bits per heavy atom. The molecule has 1 fully saturated rings. The van der Waals surface area contributed by atoms with Crippen molar-refractivity contribution in [2.24, 2.45) is 0 Å². The van der Waals surface area contributed by atoms with Crippen LogP contribution in [0.3, 0.4) is 0 Å². The highest BCUT2D eigenvalue weighted by Gasteiger charge is 2.28. The van der Waals surface area contributed by atoms with E-state index in [2.05, 4.69) is 37.0 Å². The van der Waals surface area contributed by atoms with E-state index in [0.717, 1.165) is 19.0 Å². The second kappa shape index (κ2) is 5.38. The molecule has 1 rings (SSSR count). The Morgan fingerprint density at radius 1 is 1.57 bits per heavy atom. The fourth-order valence-electron chi connectivity index (χ4n) is 1.62. The zero-order valence-electron chi connectivity index (χ0n) is 9.59. The maximum Gasteiger partial charge on any atom is 0.0684 e. The first kappa shape index (κ1) is 11.6. The molecule has 2 heteroatoms. The Balaban J connectivity index is 2.19. The van der Waals surface area contributed by atoms with Crippen molar-refractivity contribution in [1.82, 2.24) is 10.2 Å². The molecule has 2 unspecified atom stereocenters. The summed E-state index contributed by atoms with van der Waals surface area (Å²) in [5, 5.41) is 3.40. The molecule has 0 heterocycles. The standard InChI is InChI=1S/C12H22N2/c1-5-11(6-2)13-9-10(3)14(4)12-7-8-12/h1,10-13H,6-9H2,2-4H3. The molecule has 0 radical (unpaired) electrons. The minimum Gasteiger partial charge on any atom is -0.302 e. The Kier molecular flexibility index (Phi) is 4.44. The van der Waals surface area contributed by atoms with E-state index in [1.54, 1.807) is 0 Å². The molecule has 0 saturated heterocycles. The average Bonchev–Trinajstić information content (AvgIpc) is 3.01. The van der Waals surface area contributed by atoms with Crippen molar-refractivity contribution < 1.29 is 0 Å². The summed E-state index contributed by atoms with van der Waals surface area (Å²) in [5.41, 5.74) is 0. The smallest absolute Gasteiger partial charge is 0.0684 e. The van der Waals surface area contributed by atoms with Gasteiger partial charge in [-0.05, 0) is 33.2 Å². The summed E-state index contributed by atoms with van der Waals surface area (Å²) in [4.78, 5) is 2.45. The van der Waals surface area contributed by atoms with Gasteiger partial charge in [-0.15, -0.1) is 6.42 Å². The normalized spacial score (nSPS) is 20.5. The van der Waals surface area contributed by atoms with E-state index in [9.17, 15) is 0 Å². The van der Waals surface area contributed by atoms with Gasteiger partial charge < -0.3 is 5.32 Å². The van der Waals surface area contributed by atoms with E-state index in [1.165, 1.54) is 12.8 Å². The van der Waals surface area contributed by atoms with Crippen molar-refractivity contribution in [3.8, 4) is 12.3 Å². The molecule has 0 bridgehead atoms. The fraction of sp³-hybridized carbons (Fsp3) is 0.833. The lowest BCUT2D eigenvalue weighted by molar-refractivity contribution is 0.238. The molecule has 1 aliphatic carbocycles. The Morgan fingerprint density at radius 3 is 2.64 bits per heavy atom. The molecular formula is C12H22N2. The second-order valence-corrected chi connectivity index (χ2v) is 4.28. The fourth-order valence-corrected chi connectivity index (χ4v) is 1.62. The Bertz CT molecular complexity index is 203. The highest BCUT2D eigenvalue weighted by molar-refractivity contribution is 4.98. The third kappa shape index (κ3) is 3.32. The molecular weight excluding hydrogens is 172 g/mol. The quantitative estimate of drug-likeness (QED) is 0.644. The predicted octanol–water partition coefficient (Wildman–Crippen LogP) is 1.47. The predicted molar refractivity (Wildman–Crippen MR) is 61.2 cm³/mol. The van der Waals surface area contributed by atoms with Gasteiger partial charge in [-0.2, -0.15) is 0 Å². The van der Waals surface area contributed by atoms with Crippen LogP contribution < -0.4 is 5.32 Å². The minimum absolute atomic E-state index is 0.241. The molecule has 2 atom stereocenters. The van der Waals surface area contributed by atoms with Gasteiger partial charge in [0.05, 0.1) is 6.04 Å². The molecule has 80 valence electrons. The van der Waals surface area contributed by atoms with Crippen LogP contribution in [0.4, 0.5) is 0 Å². The van der Waals surface area contributed by atoms with E-state index >= 15 is 0 Å². The lowest BCUT2D eigenvalue weighted by atomic mass is 10.2. The molecule has 1 aliphatic rings. The highest BCUT2D eigenvalue weighted by atomic mass is 15.2. The first-order chi connectivity index (χ1) is 6.69. The summed E-state index contributed by atoms with van der Waals surface area (Å²) < 4.78 is 0. The van der Waals surface area contributed by atoms with Crippen LogP contribution in [0, 0.1) is 12.3 Å². The lowest BCUT2D eigenvalue weighted by Crippen LogP contribution is -2.42. The third-order valence-electron chi connectivity index (χ3n) is 3.09. The summed E-state index contributed by atoms with van der Waals surface area (Å²) >= 11 is 0. The molecule has 2 nitrogen and oxygen atoms in total. The molecule has 0 aromatic heterocycles. The van der Waals surface area contributed by atoms with E-state index in [1.807, 2.05) is 0 Å². The molecule has 0 aliphatic heterocycles. The molecule has 0 amide bonds. The van der Waals surface area contributed by atoms with Crippen LogP contribution in [0.1, 0.15) is 33.1 Å². The summed E-state index contributed by atoms with van der Waals surface area (Å²) in [7, 11) is 2.21. The van der Waals surface area contributed by atoms with Crippen LogP contribution in [0.25, 0.3) is 0 Å². The minimum atomic E-state index is 0.241. The van der Waals surface area contributed by atoms with Crippen LogP contribution in [-0.2, 0) is 0 Å². The molecule has 0 spiro atoms. The largest absolute Gasteiger partial charge is 0.302 e. The van der Waals surface area contributed by atoms with Gasteiger partial charge in [0.15, 0.2) is 0 Å². The van der Waals surface area contributed by atoms with Crippen molar-refractivity contribution in [3.63, 3.8) is 0 Å². The van der Waals surface area contributed by atoms with Gasteiger partial charge in [0.1, 0.15) is 0 Å². The van der Waals surface area contributed by atoms with E-state index in [0.29, 0.717) is 6.04 Å². The zero-order valence-corrected chi connectivity index (χ0v) is 9.59. The van der Waals surface area contributed by atoms with E-state index in [4.69, 9.17) is 6.42 Å². The van der Waals surface area contributed by atoms with Gasteiger partial charge in [-0.3, -0.25) is 4.90 Å². The van der Waals surface area contributed by atoms with Gasteiger partial charge >= 0.3 is 0 Å². The number of nitrogens with one attached hydrogen (secondary N) is 1. The summed E-state index contributed by atoms with van der Waals surface area (Å²) in [6.45, 7) is 5.37. The van der Waals surface area contributed by atoms with E-state index < -0.39 is 0 Å². The number of hydrogen-bond donors (Lipinski definition) is 1. The number of likely N-dealkylation sites (N-methyl/N-ethyl adjacent to an activating group) is 1. The molecule has 1 saturated carbocycles. The van der Waals surface area contributed by atoms with Crippen LogP contribution in [0.2, 0.25) is 0 Å². The summed E-state index contributed by atoms with van der Waals surface area (Å²) in [6, 6.07) is 1.66. The van der Waals surface area contributed by atoms with Crippen LogP contribution in [0.15, 0.2) is 0 Å². The molecule has 14 heavy (non-hydrogen) atoms. The van der Waals surface area contributed by atoms with Crippen molar-refractivity contribution in [2.45, 2.75) is 51.2 Å². The Hall–Kier alpha value is -0.520. The maximum absolute atomic E-state index is 5.39. The van der Waals surface area contributed by atoms with Crippen LogP contribution in [0.5, 0.6) is 0 Å². The van der Waals surface area contributed by atoms with Crippen molar-refractivity contribution in [1.29, 1.82) is 0 Å². The van der Waals surface area contributed by atoms with Gasteiger partial charge in [-0.1, -0.05) is 12.8 Å². The Labute approximate surface area is 88.1 Å². The first-order valence-electron chi connectivity index (χ1n) is 5.60. The number of nitrogens with zero attached hydrogens (tertiary/aromatic N) is 1. The molecule has 1 N–H and O–H groups in total. The number of terminal acetylenes is 1. The van der Waals surface area contributed by atoms with E-state index in [-0.39, 0.29) is 6.04 Å². The average molecular weight is 194 g/mol. The molecule has 0 aromatic carbocycles. The van der Waals surface area contributed by atoms with Crippen molar-refractivity contribution in [3.05, 3.63) is 0 Å². The lowest BCUT2D eigenvalue weighted by Gasteiger charge is -2.25. The SMILES string of the molecule is C#CC(CC)NCC(C)N(C)C1CC1. The highest BCUT2D eigenvalue weighted by Crippen LogP contribution is 2.26. The number of hydrogen-bond acceptors (Lipinski definition) is 2. The monoisotopic (exact) mass is 194 g/mol.